The average molecular weight is 277 g/mol. The fourth-order valence-corrected chi connectivity index (χ4v) is 1.47. The van der Waals surface area contributed by atoms with Crippen LogP contribution in [-0.4, -0.2) is 14.1 Å². The molecule has 0 aliphatic rings. The van der Waals surface area contributed by atoms with Crippen molar-refractivity contribution in [3.8, 4) is 0 Å². The minimum Gasteiger partial charge on any atom is -0.399 e. The first-order valence-corrected chi connectivity index (χ1v) is 5.70. The molecule has 2 aromatic carbocycles. The van der Waals surface area contributed by atoms with Crippen molar-refractivity contribution in [2.45, 2.75) is 0 Å². The molecule has 0 aliphatic heterocycles. The molecule has 0 aliphatic carbocycles. The van der Waals surface area contributed by atoms with Crippen LogP contribution in [0.4, 0.5) is 22.7 Å². The zero-order valence-electron chi connectivity index (χ0n) is 10.9. The summed E-state index contributed by atoms with van der Waals surface area (Å²) in [5.74, 6) is 0. The molecule has 2 rings (SSSR count). The molecule has 19 heavy (non-hydrogen) atoms. The van der Waals surface area contributed by atoms with Gasteiger partial charge in [0.05, 0.1) is 11.4 Å². The van der Waals surface area contributed by atoms with Gasteiger partial charge in [0.1, 0.15) is 0 Å². The highest BCUT2D eigenvalue weighted by molar-refractivity contribution is 5.85. The van der Waals surface area contributed by atoms with Gasteiger partial charge >= 0.3 is 0 Å². The molecule has 5 heteroatoms. The van der Waals surface area contributed by atoms with Gasteiger partial charge in [0, 0.05) is 25.5 Å². The van der Waals surface area contributed by atoms with Crippen molar-refractivity contribution in [3.63, 3.8) is 0 Å². The van der Waals surface area contributed by atoms with Gasteiger partial charge in [-0.1, -0.05) is 0 Å². The number of nitrogens with two attached hydrogens (primary N) is 1. The highest BCUT2D eigenvalue weighted by atomic mass is 35.5. The summed E-state index contributed by atoms with van der Waals surface area (Å²) in [4.78, 5) is 2.04. The summed E-state index contributed by atoms with van der Waals surface area (Å²) >= 11 is 0. The van der Waals surface area contributed by atoms with Crippen LogP contribution in [0.1, 0.15) is 0 Å². The van der Waals surface area contributed by atoms with Gasteiger partial charge < -0.3 is 10.6 Å². The molecule has 0 saturated carbocycles. The average Bonchev–Trinajstić information content (AvgIpc) is 2.38. The highest BCUT2D eigenvalue weighted by Gasteiger charge is 1.95. The first-order chi connectivity index (χ1) is 8.65. The summed E-state index contributed by atoms with van der Waals surface area (Å²) < 4.78 is 0. The minimum absolute atomic E-state index is 0. The van der Waals surface area contributed by atoms with Crippen molar-refractivity contribution >= 4 is 35.2 Å². The van der Waals surface area contributed by atoms with E-state index in [2.05, 4.69) is 10.2 Å². The SMILES string of the molecule is CN(C)c1ccc(N=Nc2ccc(N)cc2)cc1.Cl. The van der Waals surface area contributed by atoms with E-state index in [1.807, 2.05) is 67.5 Å². The summed E-state index contributed by atoms with van der Waals surface area (Å²) in [5, 5.41) is 8.32. The second-order valence-corrected chi connectivity index (χ2v) is 4.20. The molecule has 0 saturated heterocycles. The predicted molar refractivity (Wildman–Crippen MR) is 83.0 cm³/mol. The van der Waals surface area contributed by atoms with Crippen LogP contribution in [0.2, 0.25) is 0 Å². The third-order valence-electron chi connectivity index (χ3n) is 2.54. The summed E-state index contributed by atoms with van der Waals surface area (Å²) in [7, 11) is 4.01. The number of hydrogen-bond donors (Lipinski definition) is 1. The van der Waals surface area contributed by atoms with Crippen LogP contribution in [-0.2, 0) is 0 Å². The van der Waals surface area contributed by atoms with Gasteiger partial charge in [-0.25, -0.2) is 0 Å². The van der Waals surface area contributed by atoms with E-state index < -0.39 is 0 Å². The number of nitrogens with zero attached hydrogens (tertiary/aromatic N) is 3. The largest absolute Gasteiger partial charge is 0.399 e. The lowest BCUT2D eigenvalue weighted by Gasteiger charge is -2.11. The molecule has 0 aromatic heterocycles. The van der Waals surface area contributed by atoms with E-state index >= 15 is 0 Å². The maximum atomic E-state index is 5.60. The number of nitrogen functional groups attached to an aromatic ring is 1. The molecule has 4 nitrogen and oxygen atoms in total. The Balaban J connectivity index is 0.00000180. The van der Waals surface area contributed by atoms with E-state index in [4.69, 9.17) is 5.73 Å². The van der Waals surface area contributed by atoms with Crippen LogP contribution < -0.4 is 10.6 Å². The third-order valence-corrected chi connectivity index (χ3v) is 2.54. The molecule has 0 spiro atoms. The van der Waals surface area contributed by atoms with Crippen molar-refractivity contribution < 1.29 is 0 Å². The van der Waals surface area contributed by atoms with Gasteiger partial charge in [0.25, 0.3) is 0 Å². The molecule has 2 N–H and O–H groups in total. The molecule has 0 unspecified atom stereocenters. The maximum Gasteiger partial charge on any atom is 0.0858 e. The molecule has 0 heterocycles. The second-order valence-electron chi connectivity index (χ2n) is 4.20. The lowest BCUT2D eigenvalue weighted by molar-refractivity contribution is 1.13. The van der Waals surface area contributed by atoms with Crippen LogP contribution in [0.15, 0.2) is 58.8 Å². The van der Waals surface area contributed by atoms with Gasteiger partial charge in [-0.3, -0.25) is 0 Å². The van der Waals surface area contributed by atoms with Crippen molar-refractivity contribution in [1.29, 1.82) is 0 Å². The normalized spacial score (nSPS) is 10.2. The highest BCUT2D eigenvalue weighted by Crippen LogP contribution is 2.21. The van der Waals surface area contributed by atoms with Gasteiger partial charge in [0.15, 0.2) is 0 Å². The number of benzene rings is 2. The van der Waals surface area contributed by atoms with E-state index in [0.29, 0.717) is 0 Å². The fraction of sp³-hybridized carbons (Fsp3) is 0.143. The molecule has 2 aromatic rings. The van der Waals surface area contributed by atoms with Crippen molar-refractivity contribution in [3.05, 3.63) is 48.5 Å². The standard InChI is InChI=1S/C14H16N4.ClH/c1-18(2)14-9-7-13(8-10-14)17-16-12-5-3-11(15)4-6-12;/h3-10H,15H2,1-2H3;1H. The zero-order chi connectivity index (χ0) is 13.0. The molecule has 100 valence electrons. The van der Waals surface area contributed by atoms with Crippen molar-refractivity contribution in [2.75, 3.05) is 24.7 Å². The Morgan fingerprint density at radius 1 is 0.789 bits per heavy atom. The van der Waals surface area contributed by atoms with Crippen LogP contribution in [0, 0.1) is 0 Å². The van der Waals surface area contributed by atoms with E-state index in [9.17, 15) is 0 Å². The van der Waals surface area contributed by atoms with Gasteiger partial charge in [-0.05, 0) is 48.5 Å². The number of anilines is 2. The molecule has 0 fully saturated rings. The molecule has 0 bridgehead atoms. The Morgan fingerprint density at radius 2 is 1.21 bits per heavy atom. The monoisotopic (exact) mass is 276 g/mol. The number of hydrogen-bond acceptors (Lipinski definition) is 4. The smallest absolute Gasteiger partial charge is 0.0858 e. The van der Waals surface area contributed by atoms with Crippen molar-refractivity contribution in [1.82, 2.24) is 0 Å². The van der Waals surface area contributed by atoms with Gasteiger partial charge in [0.2, 0.25) is 0 Å². The number of halogens is 1. The molecular weight excluding hydrogens is 260 g/mol. The predicted octanol–water partition coefficient (Wildman–Crippen LogP) is 4.17. The summed E-state index contributed by atoms with van der Waals surface area (Å²) in [5.41, 5.74) is 9.09. The topological polar surface area (TPSA) is 54.0 Å². The quantitative estimate of drug-likeness (QED) is 0.676. The van der Waals surface area contributed by atoms with Crippen LogP contribution in [0.3, 0.4) is 0 Å². The second kappa shape index (κ2) is 6.75. The van der Waals surface area contributed by atoms with E-state index in [-0.39, 0.29) is 12.4 Å². The van der Waals surface area contributed by atoms with Crippen LogP contribution in [0.25, 0.3) is 0 Å². The van der Waals surface area contributed by atoms with E-state index in [1.54, 1.807) is 0 Å². The molecule has 0 amide bonds. The first-order valence-electron chi connectivity index (χ1n) is 5.70. The maximum absolute atomic E-state index is 5.60. The van der Waals surface area contributed by atoms with Crippen LogP contribution >= 0.6 is 12.4 Å². The van der Waals surface area contributed by atoms with Crippen LogP contribution in [0.5, 0.6) is 0 Å². The molecular formula is C14H17ClN4. The van der Waals surface area contributed by atoms with E-state index in [1.165, 1.54) is 0 Å². The third kappa shape index (κ3) is 4.26. The lowest BCUT2D eigenvalue weighted by atomic mass is 10.3. The zero-order valence-corrected chi connectivity index (χ0v) is 11.8. The summed E-state index contributed by atoms with van der Waals surface area (Å²) in [6.07, 6.45) is 0. The van der Waals surface area contributed by atoms with Gasteiger partial charge in [-0.15, -0.1) is 12.4 Å². The summed E-state index contributed by atoms with van der Waals surface area (Å²) in [6, 6.07) is 15.2. The Labute approximate surface area is 119 Å². The summed E-state index contributed by atoms with van der Waals surface area (Å²) in [6.45, 7) is 0. The fourth-order valence-electron chi connectivity index (χ4n) is 1.47. The lowest BCUT2D eigenvalue weighted by Crippen LogP contribution is -2.07. The van der Waals surface area contributed by atoms with E-state index in [0.717, 1.165) is 22.7 Å². The van der Waals surface area contributed by atoms with Gasteiger partial charge in [-0.2, -0.15) is 10.2 Å². The Bertz CT molecular complexity index is 532. The first kappa shape index (κ1) is 15.0. The Kier molecular flexibility index (Phi) is 5.33. The number of azo groups is 1. The molecule has 0 radical (unpaired) electrons. The van der Waals surface area contributed by atoms with Crippen molar-refractivity contribution in [2.24, 2.45) is 10.2 Å². The minimum atomic E-state index is 0. The molecule has 0 atom stereocenters. The Morgan fingerprint density at radius 3 is 1.63 bits per heavy atom. The number of rotatable bonds is 3. The Hall–Kier alpha value is -2.07.